The average molecular weight is 403 g/mol. The molecule has 1 aliphatic carbocycles. The maximum absolute atomic E-state index is 13.7. The van der Waals surface area contributed by atoms with Gasteiger partial charge in [0.2, 0.25) is 5.95 Å². The number of alkyl halides is 3. The zero-order chi connectivity index (χ0) is 19.6. The Morgan fingerprint density at radius 2 is 2.04 bits per heavy atom. The van der Waals surface area contributed by atoms with Gasteiger partial charge >= 0.3 is 6.18 Å². The third-order valence-corrected chi connectivity index (χ3v) is 4.49. The SMILES string of the molecule is O=C(NCC1CCC1)c1cnc(Nc2cc(Cl)ccc2F)nc1C(F)(F)F. The summed E-state index contributed by atoms with van der Waals surface area (Å²) in [6.07, 6.45) is -1.17. The van der Waals surface area contributed by atoms with Crippen molar-refractivity contribution in [2.24, 2.45) is 5.92 Å². The Balaban J connectivity index is 1.85. The molecule has 0 aliphatic heterocycles. The fourth-order valence-corrected chi connectivity index (χ4v) is 2.74. The zero-order valence-corrected chi connectivity index (χ0v) is 14.7. The first-order valence-electron chi connectivity index (χ1n) is 8.18. The monoisotopic (exact) mass is 402 g/mol. The maximum Gasteiger partial charge on any atom is 0.434 e. The molecule has 0 saturated heterocycles. The van der Waals surface area contributed by atoms with Gasteiger partial charge in [-0.2, -0.15) is 13.2 Å². The standard InChI is InChI=1S/C17H15ClF4N4O/c18-10-4-5-12(19)13(6-10)25-16-24-8-11(14(26-16)17(20,21)22)15(27)23-7-9-2-1-3-9/h4-6,8-9H,1-3,7H2,(H,23,27)(H,24,25,26). The molecule has 0 bridgehead atoms. The molecular formula is C17H15ClF4N4O. The van der Waals surface area contributed by atoms with Gasteiger partial charge in [-0.3, -0.25) is 4.79 Å². The van der Waals surface area contributed by atoms with Crippen molar-refractivity contribution < 1.29 is 22.4 Å². The molecule has 3 rings (SSSR count). The van der Waals surface area contributed by atoms with Gasteiger partial charge in [0.15, 0.2) is 5.69 Å². The van der Waals surface area contributed by atoms with Gasteiger partial charge in [-0.15, -0.1) is 0 Å². The summed E-state index contributed by atoms with van der Waals surface area (Å²) in [5.41, 5.74) is -2.26. The first kappa shape index (κ1) is 19.3. The fourth-order valence-electron chi connectivity index (χ4n) is 2.57. The van der Waals surface area contributed by atoms with E-state index in [4.69, 9.17) is 11.6 Å². The number of hydrogen-bond donors (Lipinski definition) is 2. The molecule has 1 fully saturated rings. The number of amides is 1. The molecular weight excluding hydrogens is 388 g/mol. The van der Waals surface area contributed by atoms with Gasteiger partial charge in [-0.25, -0.2) is 14.4 Å². The molecule has 1 saturated carbocycles. The smallest absolute Gasteiger partial charge is 0.352 e. The van der Waals surface area contributed by atoms with Crippen LogP contribution in [0.1, 0.15) is 35.3 Å². The molecule has 2 N–H and O–H groups in total. The highest BCUT2D eigenvalue weighted by Crippen LogP contribution is 2.32. The minimum Gasteiger partial charge on any atom is -0.352 e. The Hall–Kier alpha value is -2.42. The number of anilines is 2. The summed E-state index contributed by atoms with van der Waals surface area (Å²) in [5.74, 6) is -1.84. The second-order valence-corrected chi connectivity index (χ2v) is 6.65. The Bertz CT molecular complexity index is 855. The number of aromatic nitrogens is 2. The highest BCUT2D eigenvalue weighted by Gasteiger charge is 2.38. The largest absolute Gasteiger partial charge is 0.434 e. The summed E-state index contributed by atoms with van der Waals surface area (Å²) >= 11 is 5.75. The van der Waals surface area contributed by atoms with Crippen LogP contribution in [0.2, 0.25) is 5.02 Å². The van der Waals surface area contributed by atoms with Crippen LogP contribution in [-0.2, 0) is 6.18 Å². The van der Waals surface area contributed by atoms with Crippen LogP contribution in [0.5, 0.6) is 0 Å². The predicted molar refractivity (Wildman–Crippen MR) is 91.4 cm³/mol. The van der Waals surface area contributed by atoms with Crippen LogP contribution < -0.4 is 10.6 Å². The summed E-state index contributed by atoms with van der Waals surface area (Å²) in [6, 6.07) is 3.53. The van der Waals surface area contributed by atoms with E-state index in [9.17, 15) is 22.4 Å². The third kappa shape index (κ3) is 4.65. The van der Waals surface area contributed by atoms with Crippen molar-refractivity contribution in [2.45, 2.75) is 25.4 Å². The molecule has 1 aliphatic rings. The lowest BCUT2D eigenvalue weighted by Crippen LogP contribution is -2.33. The number of carbonyl (C=O) groups is 1. The molecule has 0 spiro atoms. The normalized spacial score (nSPS) is 14.6. The number of rotatable bonds is 5. The Kier molecular flexibility index (Phi) is 5.50. The summed E-state index contributed by atoms with van der Waals surface area (Å²) < 4.78 is 53.8. The number of nitrogens with one attached hydrogen (secondary N) is 2. The highest BCUT2D eigenvalue weighted by molar-refractivity contribution is 6.30. The van der Waals surface area contributed by atoms with Crippen LogP contribution in [0.4, 0.5) is 29.2 Å². The minimum absolute atomic E-state index is 0.182. The topological polar surface area (TPSA) is 66.9 Å². The van der Waals surface area contributed by atoms with Gasteiger partial charge < -0.3 is 10.6 Å². The lowest BCUT2D eigenvalue weighted by atomic mass is 9.85. The van der Waals surface area contributed by atoms with Crippen molar-refractivity contribution in [1.29, 1.82) is 0 Å². The molecule has 144 valence electrons. The molecule has 0 radical (unpaired) electrons. The van der Waals surface area contributed by atoms with Crippen molar-refractivity contribution in [1.82, 2.24) is 15.3 Å². The van der Waals surface area contributed by atoms with E-state index in [0.29, 0.717) is 6.54 Å². The van der Waals surface area contributed by atoms with Gasteiger partial charge in [0, 0.05) is 17.8 Å². The molecule has 1 aromatic heterocycles. The molecule has 0 unspecified atom stereocenters. The van der Waals surface area contributed by atoms with E-state index >= 15 is 0 Å². The van der Waals surface area contributed by atoms with Gasteiger partial charge in [-0.05, 0) is 37.0 Å². The van der Waals surface area contributed by atoms with E-state index in [2.05, 4.69) is 20.6 Å². The third-order valence-electron chi connectivity index (χ3n) is 4.25. The van der Waals surface area contributed by atoms with Gasteiger partial charge in [0.25, 0.3) is 5.91 Å². The van der Waals surface area contributed by atoms with Gasteiger partial charge in [-0.1, -0.05) is 18.0 Å². The minimum atomic E-state index is -4.88. The lowest BCUT2D eigenvalue weighted by Gasteiger charge is -2.25. The van der Waals surface area contributed by atoms with Crippen molar-refractivity contribution in [3.05, 3.63) is 46.5 Å². The number of hydrogen-bond acceptors (Lipinski definition) is 4. The van der Waals surface area contributed by atoms with Crippen LogP contribution in [0.3, 0.4) is 0 Å². The molecule has 1 aromatic carbocycles. The lowest BCUT2D eigenvalue weighted by molar-refractivity contribution is -0.141. The Morgan fingerprint density at radius 1 is 1.30 bits per heavy atom. The Labute approximate surface area is 157 Å². The molecule has 2 aromatic rings. The summed E-state index contributed by atoms with van der Waals surface area (Å²) in [4.78, 5) is 19.2. The summed E-state index contributed by atoms with van der Waals surface area (Å²) in [7, 11) is 0. The molecule has 1 amide bonds. The Morgan fingerprint density at radius 3 is 2.67 bits per heavy atom. The van der Waals surface area contributed by atoms with Crippen molar-refractivity contribution in [3.63, 3.8) is 0 Å². The first-order valence-corrected chi connectivity index (χ1v) is 8.56. The molecule has 5 nitrogen and oxygen atoms in total. The molecule has 27 heavy (non-hydrogen) atoms. The highest BCUT2D eigenvalue weighted by atomic mass is 35.5. The fraction of sp³-hybridized carbons (Fsp3) is 0.353. The van der Waals surface area contributed by atoms with Crippen LogP contribution in [0, 0.1) is 11.7 Å². The van der Waals surface area contributed by atoms with Gasteiger partial charge in [0.1, 0.15) is 5.82 Å². The second-order valence-electron chi connectivity index (χ2n) is 6.21. The predicted octanol–water partition coefficient (Wildman–Crippen LogP) is 4.56. The van der Waals surface area contributed by atoms with Crippen LogP contribution in [0.25, 0.3) is 0 Å². The van der Waals surface area contributed by atoms with Crippen molar-refractivity contribution in [2.75, 3.05) is 11.9 Å². The van der Waals surface area contributed by atoms with E-state index in [0.717, 1.165) is 31.5 Å². The molecule has 1 heterocycles. The second kappa shape index (κ2) is 7.67. The maximum atomic E-state index is 13.7. The zero-order valence-electron chi connectivity index (χ0n) is 13.9. The number of halogens is 5. The van der Waals surface area contributed by atoms with E-state index in [1.54, 1.807) is 0 Å². The number of benzene rings is 1. The van der Waals surface area contributed by atoms with Gasteiger partial charge in [0.05, 0.1) is 11.3 Å². The molecule has 0 atom stereocenters. The van der Waals surface area contributed by atoms with Crippen molar-refractivity contribution in [3.8, 4) is 0 Å². The van der Waals surface area contributed by atoms with Crippen LogP contribution >= 0.6 is 11.6 Å². The van der Waals surface area contributed by atoms with E-state index < -0.39 is 35.1 Å². The van der Waals surface area contributed by atoms with Crippen LogP contribution in [-0.4, -0.2) is 22.4 Å². The van der Waals surface area contributed by atoms with Crippen LogP contribution in [0.15, 0.2) is 24.4 Å². The number of carbonyl (C=O) groups excluding carboxylic acids is 1. The number of nitrogens with zero attached hydrogens (tertiary/aromatic N) is 2. The quantitative estimate of drug-likeness (QED) is 0.719. The average Bonchev–Trinajstić information content (AvgIpc) is 2.56. The van der Waals surface area contributed by atoms with E-state index in [1.165, 1.54) is 12.1 Å². The molecule has 10 heteroatoms. The first-order chi connectivity index (χ1) is 12.7. The summed E-state index contributed by atoms with van der Waals surface area (Å²) in [6.45, 7) is 0.309. The van der Waals surface area contributed by atoms with Crippen molar-refractivity contribution >= 4 is 29.1 Å². The summed E-state index contributed by atoms with van der Waals surface area (Å²) in [5, 5.41) is 5.01. The van der Waals surface area contributed by atoms with E-state index in [1.807, 2.05) is 0 Å². The van der Waals surface area contributed by atoms with E-state index in [-0.39, 0.29) is 16.6 Å².